The van der Waals surface area contributed by atoms with Gasteiger partial charge in [-0.3, -0.25) is 57.3 Å². The van der Waals surface area contributed by atoms with Crippen molar-refractivity contribution in [1.82, 2.24) is 58.1 Å². The van der Waals surface area contributed by atoms with Crippen molar-refractivity contribution in [3.8, 4) is 0 Å². The highest BCUT2D eigenvalue weighted by molar-refractivity contribution is 7.52. The van der Waals surface area contributed by atoms with E-state index >= 15 is 0 Å². The van der Waals surface area contributed by atoms with Crippen LogP contribution in [0.1, 0.15) is 207 Å². The van der Waals surface area contributed by atoms with Gasteiger partial charge in [0.15, 0.2) is 0 Å². The third-order valence-corrected chi connectivity index (χ3v) is 23.9. The lowest BCUT2D eigenvalue weighted by atomic mass is 9.79. The number of carbonyl (C=O) groups is 11. The number of nitrogens with one attached hydrogen (secondary N) is 10. The molecule has 1 aliphatic heterocycles. The molecule has 41 nitrogen and oxygen atoms in total. The first kappa shape index (κ1) is 111. The van der Waals surface area contributed by atoms with Gasteiger partial charge < -0.3 is 147 Å². The van der Waals surface area contributed by atoms with E-state index in [-0.39, 0.29) is 243 Å². The number of nitrogens with zero attached hydrogens (tertiary/aromatic N) is 1. The molecule has 1 heterocycles. The molecule has 0 aromatic carbocycles. The Hall–Kier alpha value is -6.32. The standard InChI is InChI=1S/C83H150N11O30P/c1-55(98)90-74-63(43-58(48-95)77(110)80(74)113)121-37-17-14-23-66(102)84-31-20-34-87-69(105)28-40-118-52-83(93-72(108)26-12-10-8-6-7-9-11-13-27-73(109)94-47-62(101)46-61(94)51-124-125(5,116)117-4,53-119-41-29-70(106)88-35-21-32-85-67(103)24-15-18-38-122-64-44-59(49-96)78(111)81(114)75(64)91-56(2)99)54-120-42-30-71(107)89-36-22-33-86-68(104)25-16-19-39-123-65-45-60(50-97)79(112)82(115)76(65)92-57(3)100/h58-65,74-82,95-97,101,110-115H,6-54H2,1-5H3,(H,84,102)(H,85,103)(H,86,104)(H,87,105)(H,88,106)(H,89,107)(H,90,98)(H,91,99)(H,92,100)(H,93,108). The maximum Gasteiger partial charge on any atom is 0.327 e. The molecule has 4 rings (SSSR count). The second-order valence-electron chi connectivity index (χ2n) is 33.3. The van der Waals surface area contributed by atoms with Gasteiger partial charge in [0, 0.05) is 189 Å². The number of rotatable bonds is 67. The van der Waals surface area contributed by atoms with E-state index in [2.05, 4.69) is 53.2 Å². The molecule has 0 bridgehead atoms. The van der Waals surface area contributed by atoms with E-state index in [1.54, 1.807) is 4.90 Å². The monoisotopic (exact) mass is 1810 g/mol. The lowest BCUT2D eigenvalue weighted by Gasteiger charge is -2.42. The van der Waals surface area contributed by atoms with Crippen molar-refractivity contribution < 1.29 is 146 Å². The average Bonchev–Trinajstić information content (AvgIpc) is 1.57. The summed E-state index contributed by atoms with van der Waals surface area (Å²) in [6, 6.07) is -3.05. The predicted molar refractivity (Wildman–Crippen MR) is 453 cm³/mol. The zero-order valence-electron chi connectivity index (χ0n) is 74.0. The van der Waals surface area contributed by atoms with Gasteiger partial charge in [-0.15, -0.1) is 0 Å². The highest BCUT2D eigenvalue weighted by Gasteiger charge is 2.47. The minimum Gasteiger partial charge on any atom is -0.396 e. The summed E-state index contributed by atoms with van der Waals surface area (Å²) in [7, 11) is -1.99. The molecule has 1 saturated heterocycles. The number of hydrogen-bond donors (Lipinski definition) is 20. The van der Waals surface area contributed by atoms with E-state index in [1.165, 1.54) is 34.5 Å². The number of aliphatic hydroxyl groups is 10. The van der Waals surface area contributed by atoms with Gasteiger partial charge in [0.05, 0.1) is 113 Å². The van der Waals surface area contributed by atoms with Crippen LogP contribution < -0.4 is 53.2 Å². The maximum absolute atomic E-state index is 14.1. The first-order chi connectivity index (χ1) is 59.8. The topological polar surface area (TPSA) is 605 Å². The molecule has 4 aliphatic rings. The molecule has 42 heteroatoms. The van der Waals surface area contributed by atoms with Crippen LogP contribution in [0.2, 0.25) is 0 Å². The summed E-state index contributed by atoms with van der Waals surface area (Å²) < 4.78 is 58.9. The lowest BCUT2D eigenvalue weighted by Crippen LogP contribution is -2.61. The first-order valence-electron chi connectivity index (χ1n) is 44.7. The lowest BCUT2D eigenvalue weighted by molar-refractivity contribution is -0.142. The minimum atomic E-state index is -3.27. The van der Waals surface area contributed by atoms with Gasteiger partial charge in [0.25, 0.3) is 0 Å². The van der Waals surface area contributed by atoms with Gasteiger partial charge in [-0.2, -0.15) is 0 Å². The average molecular weight is 1810 g/mol. The van der Waals surface area contributed by atoms with Crippen molar-refractivity contribution in [2.24, 2.45) is 17.8 Å². The molecule has 3 saturated carbocycles. The fraction of sp³-hybridized carbons (Fsp3) is 0.867. The van der Waals surface area contributed by atoms with Crippen LogP contribution in [-0.2, 0) is 94.8 Å². The van der Waals surface area contributed by atoms with Crippen LogP contribution >= 0.6 is 7.60 Å². The molecule has 0 aromatic heterocycles. The summed E-state index contributed by atoms with van der Waals surface area (Å²) in [6.07, 6.45) is 1.15. The van der Waals surface area contributed by atoms with E-state index in [1.807, 2.05) is 0 Å². The van der Waals surface area contributed by atoms with Gasteiger partial charge >= 0.3 is 7.60 Å². The zero-order valence-corrected chi connectivity index (χ0v) is 74.9. The quantitative estimate of drug-likeness (QED) is 0.0224. The molecule has 20 N–H and O–H groups in total. The molecule has 11 amide bonds. The number of β-amino-alcohol motifs (C(OH)–C–C–N with tert-alkyl or cyclic N) is 1. The van der Waals surface area contributed by atoms with Crippen LogP contribution in [0.4, 0.5) is 0 Å². The van der Waals surface area contributed by atoms with Crippen LogP contribution in [0.5, 0.6) is 0 Å². The number of unbranched alkanes of at least 4 members (excludes halogenated alkanes) is 10. The van der Waals surface area contributed by atoms with E-state index in [9.17, 15) is 108 Å². The van der Waals surface area contributed by atoms with Crippen molar-refractivity contribution in [3.05, 3.63) is 0 Å². The van der Waals surface area contributed by atoms with Crippen molar-refractivity contribution in [1.29, 1.82) is 0 Å². The summed E-state index contributed by atoms with van der Waals surface area (Å²) in [4.78, 5) is 142. The number of aliphatic hydroxyl groups excluding tert-OH is 10. The molecule has 18 atom stereocenters. The largest absolute Gasteiger partial charge is 0.396 e. The molecule has 3 aliphatic carbocycles. The molecule has 722 valence electrons. The molecule has 0 spiro atoms. The number of hydrogen-bond acceptors (Lipinski definition) is 30. The molecule has 4 fully saturated rings. The maximum atomic E-state index is 14.1. The van der Waals surface area contributed by atoms with Gasteiger partial charge in [0.1, 0.15) is 23.9 Å². The van der Waals surface area contributed by atoms with E-state index in [4.69, 9.17) is 37.5 Å². The van der Waals surface area contributed by atoms with Crippen LogP contribution in [-0.4, -0.2) is 357 Å². The summed E-state index contributed by atoms with van der Waals surface area (Å²) in [5.74, 6) is -5.45. The van der Waals surface area contributed by atoms with Crippen molar-refractivity contribution in [2.75, 3.05) is 145 Å². The second-order valence-corrected chi connectivity index (χ2v) is 35.5. The van der Waals surface area contributed by atoms with Crippen LogP contribution in [0.3, 0.4) is 0 Å². The number of ether oxygens (including phenoxy) is 6. The van der Waals surface area contributed by atoms with Gasteiger partial charge in [-0.05, 0) is 96.3 Å². The third kappa shape index (κ3) is 45.2. The summed E-state index contributed by atoms with van der Waals surface area (Å²) in [5.41, 5.74) is -1.44. The van der Waals surface area contributed by atoms with Gasteiger partial charge in [-0.1, -0.05) is 38.5 Å². The number of likely N-dealkylation sites (tertiary alicyclic amines) is 1. The first-order valence-corrected chi connectivity index (χ1v) is 46.7. The Morgan fingerprint density at radius 3 is 0.984 bits per heavy atom. The van der Waals surface area contributed by atoms with Crippen molar-refractivity contribution >= 4 is 72.6 Å². The Kier molecular flexibility index (Phi) is 55.8. The van der Waals surface area contributed by atoms with Crippen LogP contribution in [0, 0.1) is 17.8 Å². The Morgan fingerprint density at radius 2 is 0.672 bits per heavy atom. The van der Waals surface area contributed by atoms with Gasteiger partial charge in [-0.25, -0.2) is 0 Å². The number of carbonyl (C=O) groups excluding carboxylic acids is 11. The Morgan fingerprint density at radius 1 is 0.376 bits per heavy atom. The summed E-state index contributed by atoms with van der Waals surface area (Å²) >= 11 is 0. The van der Waals surface area contributed by atoms with E-state index in [0.29, 0.717) is 89.9 Å². The van der Waals surface area contributed by atoms with E-state index < -0.39 is 134 Å². The molecule has 18 unspecified atom stereocenters. The third-order valence-electron chi connectivity index (χ3n) is 22.7. The highest BCUT2D eigenvalue weighted by Crippen LogP contribution is 2.43. The Bertz CT molecular complexity index is 2970. The van der Waals surface area contributed by atoms with Crippen molar-refractivity contribution in [2.45, 2.75) is 298 Å². The fourth-order valence-corrected chi connectivity index (χ4v) is 16.1. The van der Waals surface area contributed by atoms with Crippen LogP contribution in [0.15, 0.2) is 0 Å². The summed E-state index contributed by atoms with van der Waals surface area (Å²) in [5, 5.41) is 130. The summed E-state index contributed by atoms with van der Waals surface area (Å²) in [6.45, 7) is 5.09. The van der Waals surface area contributed by atoms with Crippen LogP contribution in [0.25, 0.3) is 0 Å². The molecular formula is C83H150N11O30P. The minimum absolute atomic E-state index is 0.00812. The Labute approximate surface area is 734 Å². The molecular weight excluding hydrogens is 1660 g/mol. The molecule has 0 radical (unpaired) electrons. The predicted octanol–water partition coefficient (Wildman–Crippen LogP) is -2.34. The smallest absolute Gasteiger partial charge is 0.327 e. The SMILES string of the molecule is COP(C)(=O)OCC1CC(O)CN1C(=O)CCCCCCCCCCC(=O)NC(COCCC(=O)NCCCNC(=O)CCCCOC1CC(CO)C(O)C(O)C1NC(C)=O)(COCCC(=O)NCCCNC(=O)CCCCOC1CC(CO)C(O)C(O)C1NC(C)=O)COCCC(=O)NCCCNC(=O)CCCCOC1CC(CO)C(O)C(O)C1NC(C)=O. The fourth-order valence-electron chi connectivity index (χ4n) is 15.5. The van der Waals surface area contributed by atoms with Crippen molar-refractivity contribution in [3.63, 3.8) is 0 Å². The normalized spacial score (nSPS) is 25.2. The van der Waals surface area contributed by atoms with Gasteiger partial charge in [0.2, 0.25) is 65.0 Å². The molecule has 125 heavy (non-hydrogen) atoms. The highest BCUT2D eigenvalue weighted by atomic mass is 31.2. The Balaban J connectivity index is 1.31. The second kappa shape index (κ2) is 62.8. The van der Waals surface area contributed by atoms with E-state index in [0.717, 1.165) is 32.1 Å². The molecule has 0 aromatic rings. The number of amides is 11. The zero-order chi connectivity index (χ0) is 92.1.